The van der Waals surface area contributed by atoms with E-state index < -0.39 is 46.5 Å². The highest BCUT2D eigenvalue weighted by Crippen LogP contribution is 2.28. The van der Waals surface area contributed by atoms with Crippen molar-refractivity contribution in [2.45, 2.75) is 13.0 Å². The molecule has 2 heterocycles. The number of hydrogen-bond acceptors (Lipinski definition) is 6. The molecule has 8 nitrogen and oxygen atoms in total. The number of benzene rings is 2. The van der Waals surface area contributed by atoms with Crippen molar-refractivity contribution in [2.24, 2.45) is 0 Å². The van der Waals surface area contributed by atoms with Gasteiger partial charge in [0.05, 0.1) is 11.4 Å². The van der Waals surface area contributed by atoms with Gasteiger partial charge in [-0.25, -0.2) is 32.2 Å². The molecule has 0 aliphatic rings. The summed E-state index contributed by atoms with van der Waals surface area (Å²) in [6.45, 7) is 1.60. The fourth-order valence-corrected chi connectivity index (χ4v) is 3.17. The van der Waals surface area contributed by atoms with Crippen LogP contribution in [0.3, 0.4) is 0 Å². The largest absolute Gasteiger partial charge is 0.382 e. The molecular formula is C20H14F4N6O2. The van der Waals surface area contributed by atoms with Gasteiger partial charge in [0, 0.05) is 18.2 Å². The summed E-state index contributed by atoms with van der Waals surface area (Å²) in [7, 11) is 0. The minimum absolute atomic E-state index is 0.00163. The maximum Gasteiger partial charge on any atom is 0.257 e. The van der Waals surface area contributed by atoms with Crippen LogP contribution in [0.1, 0.15) is 17.4 Å². The fraction of sp³-hybridized carbons (Fsp3) is 0.100. The number of amides is 1. The Kier molecular flexibility index (Phi) is 5.22. The van der Waals surface area contributed by atoms with Crippen LogP contribution < -0.4 is 11.1 Å². The first kappa shape index (κ1) is 21.2. The Labute approximate surface area is 177 Å². The van der Waals surface area contributed by atoms with Gasteiger partial charge < -0.3 is 16.2 Å². The van der Waals surface area contributed by atoms with E-state index in [2.05, 4.69) is 15.1 Å². The zero-order chi connectivity index (χ0) is 23.2. The molecule has 4 aromatic rings. The van der Waals surface area contributed by atoms with Crippen LogP contribution in [0.4, 0.5) is 29.1 Å². The number of aliphatic hydroxyl groups excluding tert-OH is 1. The highest BCUT2D eigenvalue weighted by molar-refractivity contribution is 5.95. The van der Waals surface area contributed by atoms with Crippen molar-refractivity contribution in [2.75, 3.05) is 11.1 Å². The van der Waals surface area contributed by atoms with Crippen LogP contribution in [0.2, 0.25) is 0 Å². The number of carbonyl (C=O) groups excluding carboxylic acids is 1. The lowest BCUT2D eigenvalue weighted by Gasteiger charge is -2.14. The molecule has 0 saturated heterocycles. The predicted octanol–water partition coefficient (Wildman–Crippen LogP) is 2.93. The van der Waals surface area contributed by atoms with E-state index in [1.807, 2.05) is 5.32 Å². The standard InChI is InChI=1S/C20H14F4N6O2/c1-8-16-17(19(25)27-7-26-16)30(29-8)15-6-12(23)14(5-13(15)24)28-20(32)18(31)9-2-10(21)4-11(22)3-9/h2-7,18,31H,1H3,(H,28,32)(H2,25,26,27). The van der Waals surface area contributed by atoms with Crippen molar-refractivity contribution in [3.8, 4) is 5.69 Å². The van der Waals surface area contributed by atoms with Crippen LogP contribution in [0.25, 0.3) is 16.7 Å². The summed E-state index contributed by atoms with van der Waals surface area (Å²) in [5.41, 5.74) is 5.42. The Balaban J connectivity index is 1.68. The van der Waals surface area contributed by atoms with Gasteiger partial charge in [-0.1, -0.05) is 0 Å². The van der Waals surface area contributed by atoms with E-state index in [4.69, 9.17) is 5.73 Å². The maximum atomic E-state index is 14.8. The Morgan fingerprint density at radius 2 is 1.75 bits per heavy atom. The second-order valence-corrected chi connectivity index (χ2v) is 6.83. The van der Waals surface area contributed by atoms with Crippen LogP contribution in [-0.4, -0.2) is 30.8 Å². The Morgan fingerprint density at radius 1 is 1.06 bits per heavy atom. The second-order valence-electron chi connectivity index (χ2n) is 6.83. The molecule has 0 aliphatic carbocycles. The van der Waals surface area contributed by atoms with E-state index in [1.54, 1.807) is 6.92 Å². The predicted molar refractivity (Wildman–Crippen MR) is 106 cm³/mol. The van der Waals surface area contributed by atoms with Crippen LogP contribution in [-0.2, 0) is 4.79 Å². The number of nitrogen functional groups attached to an aromatic ring is 1. The summed E-state index contributed by atoms with van der Waals surface area (Å²) in [6.07, 6.45) is -0.820. The molecule has 0 fully saturated rings. The number of halogens is 4. The molecule has 4 N–H and O–H groups in total. The molecule has 1 atom stereocenters. The lowest BCUT2D eigenvalue weighted by molar-refractivity contribution is -0.124. The van der Waals surface area contributed by atoms with Crippen molar-refractivity contribution in [1.82, 2.24) is 19.7 Å². The molecule has 2 aromatic heterocycles. The fourth-order valence-electron chi connectivity index (χ4n) is 3.17. The average molecular weight is 446 g/mol. The normalized spacial score (nSPS) is 12.2. The number of anilines is 2. The molecule has 1 amide bonds. The molecule has 1 unspecified atom stereocenters. The number of hydrogen-bond donors (Lipinski definition) is 3. The minimum atomic E-state index is -2.03. The third kappa shape index (κ3) is 3.71. The zero-order valence-electron chi connectivity index (χ0n) is 16.3. The number of carbonyl (C=O) groups is 1. The van der Waals surface area contributed by atoms with E-state index in [0.717, 1.165) is 22.9 Å². The van der Waals surface area contributed by atoms with Crippen molar-refractivity contribution in [3.05, 3.63) is 71.2 Å². The van der Waals surface area contributed by atoms with Crippen molar-refractivity contribution < 1.29 is 27.5 Å². The SMILES string of the molecule is Cc1nn(-c2cc(F)c(NC(=O)C(O)c3cc(F)cc(F)c3)cc2F)c2c(N)ncnc12. The van der Waals surface area contributed by atoms with Crippen LogP contribution >= 0.6 is 0 Å². The lowest BCUT2D eigenvalue weighted by atomic mass is 10.1. The third-order valence-electron chi connectivity index (χ3n) is 4.63. The van der Waals surface area contributed by atoms with Gasteiger partial charge in [-0.3, -0.25) is 4.79 Å². The topological polar surface area (TPSA) is 119 Å². The molecule has 2 aromatic carbocycles. The molecule has 164 valence electrons. The van der Waals surface area contributed by atoms with Gasteiger partial charge >= 0.3 is 0 Å². The van der Waals surface area contributed by atoms with Gasteiger partial charge in [-0.15, -0.1) is 0 Å². The van der Waals surface area contributed by atoms with E-state index in [9.17, 15) is 27.5 Å². The maximum absolute atomic E-state index is 14.8. The number of rotatable bonds is 4. The smallest absolute Gasteiger partial charge is 0.257 e. The van der Waals surface area contributed by atoms with Crippen molar-refractivity contribution in [1.29, 1.82) is 0 Å². The van der Waals surface area contributed by atoms with Gasteiger partial charge in [0.25, 0.3) is 5.91 Å². The van der Waals surface area contributed by atoms with Gasteiger partial charge in [0.15, 0.2) is 17.7 Å². The van der Waals surface area contributed by atoms with E-state index >= 15 is 0 Å². The first-order valence-corrected chi connectivity index (χ1v) is 9.06. The van der Waals surface area contributed by atoms with Gasteiger partial charge in [0.1, 0.15) is 40.5 Å². The van der Waals surface area contributed by atoms with Crippen LogP contribution in [0, 0.1) is 30.2 Å². The molecule has 0 aliphatic heterocycles. The molecule has 0 bridgehead atoms. The first-order chi connectivity index (χ1) is 15.2. The molecule has 0 spiro atoms. The molecule has 0 saturated carbocycles. The number of aromatic nitrogens is 4. The zero-order valence-corrected chi connectivity index (χ0v) is 16.3. The van der Waals surface area contributed by atoms with Crippen molar-refractivity contribution >= 4 is 28.4 Å². The molecule has 12 heteroatoms. The Morgan fingerprint density at radius 3 is 2.44 bits per heavy atom. The van der Waals surface area contributed by atoms with E-state index in [1.165, 1.54) is 6.33 Å². The third-order valence-corrected chi connectivity index (χ3v) is 4.63. The summed E-state index contributed by atoms with van der Waals surface area (Å²) >= 11 is 0. The highest BCUT2D eigenvalue weighted by Gasteiger charge is 2.23. The molecule has 4 rings (SSSR count). The summed E-state index contributed by atoms with van der Waals surface area (Å²) in [6, 6.07) is 3.47. The number of fused-ring (bicyclic) bond motifs is 1. The second kappa shape index (κ2) is 7.89. The van der Waals surface area contributed by atoms with E-state index in [0.29, 0.717) is 23.3 Å². The Hall–Kier alpha value is -4.06. The number of nitrogens with one attached hydrogen (secondary N) is 1. The summed E-state index contributed by atoms with van der Waals surface area (Å²) in [4.78, 5) is 20.1. The minimum Gasteiger partial charge on any atom is -0.382 e. The number of nitrogens with two attached hydrogens (primary N) is 1. The molecular weight excluding hydrogens is 432 g/mol. The van der Waals surface area contributed by atoms with Crippen molar-refractivity contribution in [3.63, 3.8) is 0 Å². The van der Waals surface area contributed by atoms with E-state index in [-0.39, 0.29) is 17.0 Å². The monoisotopic (exact) mass is 446 g/mol. The quantitative estimate of drug-likeness (QED) is 0.415. The van der Waals surface area contributed by atoms with Crippen LogP contribution in [0.5, 0.6) is 0 Å². The number of aryl methyl sites for hydroxylation is 1. The van der Waals surface area contributed by atoms with Gasteiger partial charge in [-0.2, -0.15) is 5.10 Å². The number of aliphatic hydroxyl groups is 1. The molecule has 0 radical (unpaired) electrons. The van der Waals surface area contributed by atoms with Gasteiger partial charge in [-0.05, 0) is 24.6 Å². The Bertz CT molecular complexity index is 1350. The average Bonchev–Trinajstić information content (AvgIpc) is 3.07. The first-order valence-electron chi connectivity index (χ1n) is 9.06. The molecule has 32 heavy (non-hydrogen) atoms. The lowest BCUT2D eigenvalue weighted by Crippen LogP contribution is -2.22. The summed E-state index contributed by atoms with van der Waals surface area (Å²) in [5, 5.41) is 16.2. The van der Waals surface area contributed by atoms with Gasteiger partial charge in [0.2, 0.25) is 0 Å². The summed E-state index contributed by atoms with van der Waals surface area (Å²) < 4.78 is 57.2. The highest BCUT2D eigenvalue weighted by atomic mass is 19.1. The number of nitrogens with zero attached hydrogens (tertiary/aromatic N) is 4. The van der Waals surface area contributed by atoms with Crippen LogP contribution in [0.15, 0.2) is 36.7 Å². The summed E-state index contributed by atoms with van der Waals surface area (Å²) in [5.74, 6) is -5.31.